The molecule has 17 heavy (non-hydrogen) atoms. The van der Waals surface area contributed by atoms with Gasteiger partial charge in [-0.2, -0.15) is 11.8 Å². The number of benzene rings is 1. The van der Waals surface area contributed by atoms with E-state index in [0.29, 0.717) is 5.84 Å². The number of carbonyl (C=O) groups is 1. The molecule has 0 unspecified atom stereocenters. The van der Waals surface area contributed by atoms with E-state index >= 15 is 0 Å². The van der Waals surface area contributed by atoms with Gasteiger partial charge in [0.2, 0.25) is 5.91 Å². The third-order valence-electron chi connectivity index (χ3n) is 2.86. The molecule has 0 saturated carbocycles. The van der Waals surface area contributed by atoms with E-state index in [-0.39, 0.29) is 17.1 Å². The van der Waals surface area contributed by atoms with Gasteiger partial charge in [-0.05, 0) is 24.0 Å². The van der Waals surface area contributed by atoms with Crippen molar-refractivity contribution < 1.29 is 9.53 Å². The van der Waals surface area contributed by atoms with Gasteiger partial charge in [0, 0.05) is 0 Å². The molecular weight excluding hydrogens is 236 g/mol. The number of amidine groups is 1. The molecule has 1 aliphatic heterocycles. The molecule has 1 saturated heterocycles. The minimum atomic E-state index is -0.275. The van der Waals surface area contributed by atoms with E-state index in [1.54, 1.807) is 7.11 Å². The lowest BCUT2D eigenvalue weighted by Crippen LogP contribution is -2.22. The lowest BCUT2D eigenvalue weighted by atomic mass is 9.97. The lowest BCUT2D eigenvalue weighted by Gasteiger charge is -2.14. The van der Waals surface area contributed by atoms with Crippen molar-refractivity contribution >= 4 is 23.5 Å². The molecule has 1 amide bonds. The maximum atomic E-state index is 11.8. The van der Waals surface area contributed by atoms with Crippen LogP contribution in [0, 0.1) is 5.41 Å². The molecule has 90 valence electrons. The van der Waals surface area contributed by atoms with Crippen molar-refractivity contribution in [2.24, 2.45) is 0 Å². The lowest BCUT2D eigenvalue weighted by molar-refractivity contribution is -0.119. The highest BCUT2D eigenvalue weighted by molar-refractivity contribution is 8.00. The Kier molecular flexibility index (Phi) is 3.38. The van der Waals surface area contributed by atoms with Crippen molar-refractivity contribution in [3.05, 3.63) is 29.8 Å². The Labute approximate surface area is 104 Å². The fourth-order valence-electron chi connectivity index (χ4n) is 1.98. The molecule has 1 aromatic rings. The molecule has 1 heterocycles. The summed E-state index contributed by atoms with van der Waals surface area (Å²) < 4.78 is 5.08. The van der Waals surface area contributed by atoms with E-state index in [0.717, 1.165) is 11.3 Å². The molecule has 2 atom stereocenters. The Morgan fingerprint density at radius 2 is 2.00 bits per heavy atom. The van der Waals surface area contributed by atoms with Crippen LogP contribution in [0.15, 0.2) is 24.3 Å². The van der Waals surface area contributed by atoms with Crippen molar-refractivity contribution in [2.45, 2.75) is 11.2 Å². The van der Waals surface area contributed by atoms with Crippen LogP contribution in [0.4, 0.5) is 0 Å². The topological polar surface area (TPSA) is 62.2 Å². The first kappa shape index (κ1) is 12.0. The third-order valence-corrected chi connectivity index (χ3v) is 3.87. The summed E-state index contributed by atoms with van der Waals surface area (Å²) in [6.07, 6.45) is 1.91. The smallest absolute Gasteiger partial charge is 0.234 e. The largest absolute Gasteiger partial charge is 0.497 e. The second-order valence-corrected chi connectivity index (χ2v) is 4.79. The number of amides is 1. The van der Waals surface area contributed by atoms with Crippen molar-refractivity contribution in [1.29, 1.82) is 5.41 Å². The van der Waals surface area contributed by atoms with Crippen LogP contribution in [-0.2, 0) is 4.79 Å². The maximum Gasteiger partial charge on any atom is 0.234 e. The first-order valence-corrected chi connectivity index (χ1v) is 6.52. The van der Waals surface area contributed by atoms with Gasteiger partial charge >= 0.3 is 0 Å². The predicted molar refractivity (Wildman–Crippen MR) is 68.9 cm³/mol. The highest BCUT2D eigenvalue weighted by atomic mass is 32.2. The van der Waals surface area contributed by atoms with E-state index in [2.05, 4.69) is 5.32 Å². The zero-order valence-corrected chi connectivity index (χ0v) is 10.5. The summed E-state index contributed by atoms with van der Waals surface area (Å²) in [6.45, 7) is 0. The molecule has 2 rings (SSSR count). The number of rotatable bonds is 3. The Hall–Kier alpha value is -1.49. The van der Waals surface area contributed by atoms with Crippen molar-refractivity contribution in [3.63, 3.8) is 0 Å². The number of thioether (sulfide) groups is 1. The van der Waals surface area contributed by atoms with Crippen molar-refractivity contribution in [2.75, 3.05) is 13.4 Å². The predicted octanol–water partition coefficient (Wildman–Crippen LogP) is 1.62. The van der Waals surface area contributed by atoms with E-state index in [4.69, 9.17) is 10.1 Å². The number of hydrogen-bond acceptors (Lipinski definition) is 4. The minimum absolute atomic E-state index is 0.0977. The summed E-state index contributed by atoms with van der Waals surface area (Å²) in [6, 6.07) is 7.43. The van der Waals surface area contributed by atoms with Crippen molar-refractivity contribution in [1.82, 2.24) is 5.32 Å². The van der Waals surface area contributed by atoms with E-state index in [1.807, 2.05) is 30.5 Å². The highest BCUT2D eigenvalue weighted by Gasteiger charge is 2.39. The molecule has 0 aliphatic carbocycles. The van der Waals surface area contributed by atoms with Crippen LogP contribution in [0.5, 0.6) is 5.75 Å². The minimum Gasteiger partial charge on any atom is -0.497 e. The zero-order valence-electron chi connectivity index (χ0n) is 9.69. The fourth-order valence-corrected chi connectivity index (χ4v) is 2.82. The molecule has 5 heteroatoms. The highest BCUT2D eigenvalue weighted by Crippen LogP contribution is 2.32. The second-order valence-electron chi connectivity index (χ2n) is 3.81. The molecule has 0 aromatic heterocycles. The summed E-state index contributed by atoms with van der Waals surface area (Å²) in [5, 5.41) is 10.2. The Morgan fingerprint density at radius 3 is 2.53 bits per heavy atom. The number of methoxy groups -OCH3 is 1. The Bertz CT molecular complexity index is 444. The van der Waals surface area contributed by atoms with Gasteiger partial charge in [0.1, 0.15) is 11.6 Å². The fraction of sp³-hybridized carbons (Fsp3) is 0.333. The van der Waals surface area contributed by atoms with Gasteiger partial charge in [-0.15, -0.1) is 0 Å². The van der Waals surface area contributed by atoms with Crippen LogP contribution in [0.2, 0.25) is 0 Å². The normalized spacial score (nSPS) is 23.6. The molecule has 1 fully saturated rings. The zero-order chi connectivity index (χ0) is 12.4. The summed E-state index contributed by atoms with van der Waals surface area (Å²) >= 11 is 1.52. The second kappa shape index (κ2) is 4.79. The maximum absolute atomic E-state index is 11.8. The summed E-state index contributed by atoms with van der Waals surface area (Å²) in [5.74, 6) is 0.689. The monoisotopic (exact) mass is 250 g/mol. The van der Waals surface area contributed by atoms with E-state index in [1.165, 1.54) is 11.8 Å². The number of hydrogen-bond donors (Lipinski definition) is 2. The van der Waals surface area contributed by atoms with Crippen LogP contribution in [0.3, 0.4) is 0 Å². The van der Waals surface area contributed by atoms with Crippen LogP contribution in [0.1, 0.15) is 11.5 Å². The Morgan fingerprint density at radius 1 is 1.35 bits per heavy atom. The Balaban J connectivity index is 2.31. The summed E-state index contributed by atoms with van der Waals surface area (Å²) in [7, 11) is 1.61. The van der Waals surface area contributed by atoms with Crippen LogP contribution in [-0.4, -0.2) is 30.4 Å². The van der Waals surface area contributed by atoms with Gasteiger partial charge in [-0.25, -0.2) is 0 Å². The average molecular weight is 250 g/mol. The van der Waals surface area contributed by atoms with Gasteiger partial charge in [0.25, 0.3) is 0 Å². The molecule has 0 radical (unpaired) electrons. The molecular formula is C12H14N2O2S. The van der Waals surface area contributed by atoms with Gasteiger partial charge in [-0.1, -0.05) is 12.1 Å². The molecule has 1 aliphatic rings. The van der Waals surface area contributed by atoms with Crippen LogP contribution >= 0.6 is 11.8 Å². The number of carbonyl (C=O) groups excluding carboxylic acids is 1. The first-order valence-electron chi connectivity index (χ1n) is 5.23. The van der Waals surface area contributed by atoms with E-state index in [9.17, 15) is 4.79 Å². The average Bonchev–Trinajstić information content (AvgIpc) is 2.63. The number of ether oxygens (including phenoxy) is 1. The standard InChI is InChI=1S/C12H14N2O2S/c1-16-8-5-3-7(4-6-8)9-10(17-2)11(13)14-12(9)15/h3-6,9-10H,1-2H3,(H2,13,14,15)/t9-,10+/m1/s1. The molecule has 1 aromatic carbocycles. The van der Waals surface area contributed by atoms with Gasteiger partial charge in [0.15, 0.2) is 0 Å². The quantitative estimate of drug-likeness (QED) is 0.857. The third kappa shape index (κ3) is 2.15. The van der Waals surface area contributed by atoms with Crippen LogP contribution in [0.25, 0.3) is 0 Å². The SMILES string of the molecule is COc1ccc([C@H]2C(=O)NC(=N)[C@H]2SC)cc1. The van der Waals surface area contributed by atoms with Gasteiger partial charge < -0.3 is 10.1 Å². The number of nitrogens with one attached hydrogen (secondary N) is 2. The molecule has 4 nitrogen and oxygen atoms in total. The summed E-state index contributed by atoms with van der Waals surface area (Å²) in [4.78, 5) is 11.8. The molecule has 0 spiro atoms. The van der Waals surface area contributed by atoms with Gasteiger partial charge in [-0.3, -0.25) is 10.2 Å². The molecule has 2 N–H and O–H groups in total. The van der Waals surface area contributed by atoms with E-state index < -0.39 is 0 Å². The van der Waals surface area contributed by atoms with Crippen LogP contribution < -0.4 is 10.1 Å². The summed E-state index contributed by atoms with van der Waals surface area (Å²) in [5.41, 5.74) is 0.921. The van der Waals surface area contributed by atoms with Crippen molar-refractivity contribution in [3.8, 4) is 5.75 Å². The van der Waals surface area contributed by atoms with Gasteiger partial charge in [0.05, 0.1) is 18.3 Å². The molecule has 0 bridgehead atoms. The first-order chi connectivity index (χ1) is 8.17.